The fourth-order valence-corrected chi connectivity index (χ4v) is 1.97. The van der Waals surface area contributed by atoms with Crippen LogP contribution in [0.5, 0.6) is 5.88 Å². The second-order valence-electron chi connectivity index (χ2n) is 4.27. The molecule has 6 heteroatoms. The van der Waals surface area contributed by atoms with Crippen LogP contribution in [0.15, 0.2) is 6.07 Å². The fraction of sp³-hybridized carbons (Fsp3) is 0.636. The minimum absolute atomic E-state index is 0.261. The number of nitrogen functional groups attached to an aromatic ring is 1. The summed E-state index contributed by atoms with van der Waals surface area (Å²) in [4.78, 5) is 12.8. The molecule has 6 nitrogen and oxygen atoms in total. The molecule has 0 amide bonds. The molecular weight excluding hydrogens is 218 g/mol. The van der Waals surface area contributed by atoms with Crippen LogP contribution in [-0.2, 0) is 0 Å². The van der Waals surface area contributed by atoms with Crippen molar-refractivity contribution in [3.8, 4) is 5.88 Å². The normalized spacial score (nSPS) is 17.9. The molecule has 0 aromatic carbocycles. The molecule has 2 heterocycles. The highest BCUT2D eigenvalue weighted by Crippen LogP contribution is 2.19. The van der Waals surface area contributed by atoms with Crippen molar-refractivity contribution in [2.75, 3.05) is 51.0 Å². The summed E-state index contributed by atoms with van der Waals surface area (Å²) in [6.07, 6.45) is 1.13. The minimum atomic E-state index is 0.261. The molecule has 2 rings (SSSR count). The lowest BCUT2D eigenvalue weighted by Gasteiger charge is -2.21. The number of likely N-dealkylation sites (N-methyl/N-ethyl adjacent to an activating group) is 1. The second kappa shape index (κ2) is 5.18. The number of ether oxygens (including phenoxy) is 1. The van der Waals surface area contributed by atoms with Gasteiger partial charge >= 0.3 is 0 Å². The second-order valence-corrected chi connectivity index (χ2v) is 4.27. The Labute approximate surface area is 101 Å². The topological polar surface area (TPSA) is 67.5 Å². The summed E-state index contributed by atoms with van der Waals surface area (Å²) in [5.41, 5.74) is 5.67. The van der Waals surface area contributed by atoms with E-state index in [2.05, 4.69) is 26.8 Å². The molecule has 0 aliphatic carbocycles. The number of nitrogens with zero attached hydrogens (tertiary/aromatic N) is 4. The molecule has 0 bridgehead atoms. The van der Waals surface area contributed by atoms with Crippen LogP contribution in [0, 0.1) is 0 Å². The first-order valence-electron chi connectivity index (χ1n) is 5.81. The van der Waals surface area contributed by atoms with Crippen LogP contribution in [0.4, 0.5) is 11.8 Å². The van der Waals surface area contributed by atoms with E-state index in [9.17, 15) is 0 Å². The average Bonchev–Trinajstić information content (AvgIpc) is 2.53. The maximum absolute atomic E-state index is 5.67. The molecule has 0 saturated carbocycles. The zero-order chi connectivity index (χ0) is 12.3. The van der Waals surface area contributed by atoms with Gasteiger partial charge in [0.2, 0.25) is 11.8 Å². The van der Waals surface area contributed by atoms with Gasteiger partial charge < -0.3 is 20.3 Å². The molecule has 1 aliphatic heterocycles. The van der Waals surface area contributed by atoms with Crippen LogP contribution in [0.3, 0.4) is 0 Å². The van der Waals surface area contributed by atoms with Crippen molar-refractivity contribution >= 4 is 11.8 Å². The SMILES string of the molecule is COc1cc(N2CCCN(C)CC2)nc(N)n1. The Kier molecular flexibility index (Phi) is 3.63. The highest BCUT2D eigenvalue weighted by atomic mass is 16.5. The first-order valence-corrected chi connectivity index (χ1v) is 5.81. The Morgan fingerprint density at radius 3 is 2.82 bits per heavy atom. The van der Waals surface area contributed by atoms with Gasteiger partial charge in [-0.2, -0.15) is 9.97 Å². The number of hydrogen-bond donors (Lipinski definition) is 1. The van der Waals surface area contributed by atoms with Gasteiger partial charge in [0, 0.05) is 25.7 Å². The number of nitrogens with two attached hydrogens (primary N) is 1. The van der Waals surface area contributed by atoms with E-state index < -0.39 is 0 Å². The molecule has 0 atom stereocenters. The quantitative estimate of drug-likeness (QED) is 0.793. The molecule has 1 aromatic rings. The van der Waals surface area contributed by atoms with Crippen molar-refractivity contribution in [3.63, 3.8) is 0 Å². The molecule has 2 N–H and O–H groups in total. The summed E-state index contributed by atoms with van der Waals surface area (Å²) < 4.78 is 5.11. The van der Waals surface area contributed by atoms with E-state index >= 15 is 0 Å². The fourth-order valence-electron chi connectivity index (χ4n) is 1.97. The molecular formula is C11H19N5O. The average molecular weight is 237 g/mol. The number of hydrogen-bond acceptors (Lipinski definition) is 6. The molecule has 0 radical (unpaired) electrons. The van der Waals surface area contributed by atoms with Gasteiger partial charge in [0.05, 0.1) is 7.11 Å². The lowest BCUT2D eigenvalue weighted by Crippen LogP contribution is -2.29. The highest BCUT2D eigenvalue weighted by Gasteiger charge is 2.15. The van der Waals surface area contributed by atoms with Crippen molar-refractivity contribution in [2.24, 2.45) is 0 Å². The van der Waals surface area contributed by atoms with Crippen molar-refractivity contribution in [2.45, 2.75) is 6.42 Å². The van der Waals surface area contributed by atoms with Crippen LogP contribution in [0.2, 0.25) is 0 Å². The number of rotatable bonds is 2. The summed E-state index contributed by atoms with van der Waals surface area (Å²) in [5.74, 6) is 1.63. The van der Waals surface area contributed by atoms with Crippen molar-refractivity contribution in [1.82, 2.24) is 14.9 Å². The third-order valence-electron chi connectivity index (χ3n) is 2.96. The van der Waals surface area contributed by atoms with E-state index in [0.29, 0.717) is 5.88 Å². The number of aromatic nitrogens is 2. The van der Waals surface area contributed by atoms with Gasteiger partial charge in [0.25, 0.3) is 0 Å². The molecule has 1 aromatic heterocycles. The van der Waals surface area contributed by atoms with Crippen molar-refractivity contribution < 1.29 is 4.74 Å². The van der Waals surface area contributed by atoms with E-state index in [1.807, 2.05) is 6.07 Å². The standard InChI is InChI=1S/C11H19N5O/c1-15-4-3-5-16(7-6-15)9-8-10(17-2)14-11(12)13-9/h8H,3-7H2,1-2H3,(H2,12,13,14). The summed E-state index contributed by atoms with van der Waals surface area (Å²) in [5, 5.41) is 0. The summed E-state index contributed by atoms with van der Waals surface area (Å²) >= 11 is 0. The lowest BCUT2D eigenvalue weighted by atomic mass is 10.4. The molecule has 94 valence electrons. The monoisotopic (exact) mass is 237 g/mol. The van der Waals surface area contributed by atoms with Crippen molar-refractivity contribution in [1.29, 1.82) is 0 Å². The third kappa shape index (κ3) is 2.97. The summed E-state index contributed by atoms with van der Waals surface area (Å²) in [6.45, 7) is 4.10. The Morgan fingerprint density at radius 1 is 1.24 bits per heavy atom. The highest BCUT2D eigenvalue weighted by molar-refractivity contribution is 5.45. The lowest BCUT2D eigenvalue weighted by molar-refractivity contribution is 0.360. The van der Waals surface area contributed by atoms with E-state index in [1.165, 1.54) is 0 Å². The van der Waals surface area contributed by atoms with Gasteiger partial charge in [0.15, 0.2) is 0 Å². The third-order valence-corrected chi connectivity index (χ3v) is 2.96. The van der Waals surface area contributed by atoms with Gasteiger partial charge in [0.1, 0.15) is 5.82 Å². The van der Waals surface area contributed by atoms with Crippen LogP contribution in [-0.4, -0.2) is 55.2 Å². The predicted octanol–water partition coefficient (Wildman–Crippen LogP) is 0.209. The van der Waals surface area contributed by atoms with Gasteiger partial charge in [-0.15, -0.1) is 0 Å². The Bertz CT molecular complexity index is 384. The Balaban J connectivity index is 2.17. The van der Waals surface area contributed by atoms with Crippen LogP contribution < -0.4 is 15.4 Å². The van der Waals surface area contributed by atoms with Gasteiger partial charge in [-0.1, -0.05) is 0 Å². The van der Waals surface area contributed by atoms with Crippen LogP contribution in [0.25, 0.3) is 0 Å². The predicted molar refractivity (Wildman–Crippen MR) is 67.3 cm³/mol. The molecule has 0 spiro atoms. The summed E-state index contributed by atoms with van der Waals surface area (Å²) in [6, 6.07) is 1.84. The molecule has 17 heavy (non-hydrogen) atoms. The zero-order valence-electron chi connectivity index (χ0n) is 10.4. The maximum atomic E-state index is 5.67. The summed E-state index contributed by atoms with van der Waals surface area (Å²) in [7, 11) is 3.72. The zero-order valence-corrected chi connectivity index (χ0v) is 10.4. The first-order chi connectivity index (χ1) is 8.19. The molecule has 0 unspecified atom stereocenters. The van der Waals surface area contributed by atoms with E-state index in [0.717, 1.165) is 38.4 Å². The van der Waals surface area contributed by atoms with Gasteiger partial charge in [-0.05, 0) is 20.0 Å². The maximum Gasteiger partial charge on any atom is 0.225 e. The minimum Gasteiger partial charge on any atom is -0.481 e. The van der Waals surface area contributed by atoms with Gasteiger partial charge in [-0.25, -0.2) is 0 Å². The van der Waals surface area contributed by atoms with E-state index in [1.54, 1.807) is 7.11 Å². The van der Waals surface area contributed by atoms with Crippen molar-refractivity contribution in [3.05, 3.63) is 6.07 Å². The largest absolute Gasteiger partial charge is 0.481 e. The number of anilines is 2. The Morgan fingerprint density at radius 2 is 2.06 bits per heavy atom. The Hall–Kier alpha value is -1.56. The van der Waals surface area contributed by atoms with Crippen LogP contribution >= 0.6 is 0 Å². The molecule has 1 aliphatic rings. The molecule has 1 saturated heterocycles. The first kappa shape index (κ1) is 11.9. The van der Waals surface area contributed by atoms with E-state index in [4.69, 9.17) is 10.5 Å². The van der Waals surface area contributed by atoms with Gasteiger partial charge in [-0.3, -0.25) is 0 Å². The molecule has 1 fully saturated rings. The van der Waals surface area contributed by atoms with E-state index in [-0.39, 0.29) is 5.95 Å². The smallest absolute Gasteiger partial charge is 0.225 e. The number of methoxy groups -OCH3 is 1. The van der Waals surface area contributed by atoms with Crippen LogP contribution in [0.1, 0.15) is 6.42 Å².